The molecule has 2 aliphatic heterocycles. The Morgan fingerprint density at radius 2 is 2.00 bits per heavy atom. The smallest absolute Gasteiger partial charge is 0.233 e. The summed E-state index contributed by atoms with van der Waals surface area (Å²) in [4.78, 5) is 15.2. The van der Waals surface area contributed by atoms with E-state index in [-0.39, 0.29) is 11.9 Å². The standard InChI is InChI=1S/C24H26N4O3S/c1-2-17-6-3-4-7-19(17)28-16-25-26-24(28)32-15-23(29)27-11-5-8-20(27)18-9-10-21-22(14-18)31-13-12-30-21/h3-4,6-7,9-10,14,16,20H,2,5,8,11-13,15H2,1H3. The molecule has 8 heteroatoms. The number of aromatic nitrogens is 3. The van der Waals surface area contributed by atoms with E-state index in [0.717, 1.165) is 53.7 Å². The molecular formula is C24H26N4O3S. The molecule has 1 fully saturated rings. The first-order valence-electron chi connectivity index (χ1n) is 11.0. The normalized spacial score (nSPS) is 17.5. The average Bonchev–Trinajstić information content (AvgIpc) is 3.52. The van der Waals surface area contributed by atoms with E-state index in [1.807, 2.05) is 33.7 Å². The molecule has 7 nitrogen and oxygen atoms in total. The lowest BCUT2D eigenvalue weighted by Crippen LogP contribution is -2.32. The number of carbonyl (C=O) groups excluding carboxylic acids is 1. The van der Waals surface area contributed by atoms with Gasteiger partial charge in [0, 0.05) is 6.54 Å². The van der Waals surface area contributed by atoms with Crippen LogP contribution in [-0.2, 0) is 11.2 Å². The van der Waals surface area contributed by atoms with Gasteiger partial charge in [0.25, 0.3) is 0 Å². The average molecular weight is 451 g/mol. The van der Waals surface area contributed by atoms with Gasteiger partial charge in [-0.1, -0.05) is 43.0 Å². The van der Waals surface area contributed by atoms with Crippen LogP contribution in [0.2, 0.25) is 0 Å². The molecule has 32 heavy (non-hydrogen) atoms. The van der Waals surface area contributed by atoms with Crippen LogP contribution in [0.25, 0.3) is 5.69 Å². The molecule has 0 radical (unpaired) electrons. The predicted molar refractivity (Wildman–Crippen MR) is 123 cm³/mol. The Kier molecular flexibility index (Phi) is 6.03. The molecule has 2 aromatic carbocycles. The van der Waals surface area contributed by atoms with Crippen molar-refractivity contribution in [1.82, 2.24) is 19.7 Å². The summed E-state index contributed by atoms with van der Waals surface area (Å²) in [6, 6.07) is 14.3. The fourth-order valence-electron chi connectivity index (χ4n) is 4.42. The summed E-state index contributed by atoms with van der Waals surface area (Å²) in [5.41, 5.74) is 3.38. The Morgan fingerprint density at radius 1 is 1.16 bits per heavy atom. The Labute approximate surface area is 191 Å². The quantitative estimate of drug-likeness (QED) is 0.528. The van der Waals surface area contributed by atoms with E-state index in [2.05, 4.69) is 35.3 Å². The summed E-state index contributed by atoms with van der Waals surface area (Å²) in [5, 5.41) is 9.09. The molecule has 1 unspecified atom stereocenters. The minimum absolute atomic E-state index is 0.0672. The molecule has 2 aliphatic rings. The van der Waals surface area contributed by atoms with Gasteiger partial charge in [-0.15, -0.1) is 10.2 Å². The van der Waals surface area contributed by atoms with Crippen LogP contribution in [0.1, 0.15) is 36.9 Å². The highest BCUT2D eigenvalue weighted by Gasteiger charge is 2.31. The van der Waals surface area contributed by atoms with Crippen molar-refractivity contribution in [3.05, 3.63) is 59.9 Å². The number of aryl methyl sites for hydroxylation is 1. The zero-order valence-electron chi connectivity index (χ0n) is 18.1. The number of fused-ring (bicyclic) bond motifs is 1. The first-order valence-corrected chi connectivity index (χ1v) is 12.0. The van der Waals surface area contributed by atoms with Crippen molar-refractivity contribution in [1.29, 1.82) is 0 Å². The van der Waals surface area contributed by atoms with Gasteiger partial charge in [-0.05, 0) is 48.6 Å². The number of carbonyl (C=O) groups is 1. The molecule has 1 amide bonds. The zero-order chi connectivity index (χ0) is 21.9. The predicted octanol–water partition coefficient (Wildman–Crippen LogP) is 4.06. The maximum absolute atomic E-state index is 13.2. The van der Waals surface area contributed by atoms with Gasteiger partial charge in [-0.2, -0.15) is 0 Å². The summed E-state index contributed by atoms with van der Waals surface area (Å²) in [6.45, 7) is 4.03. The number of thioether (sulfide) groups is 1. The van der Waals surface area contributed by atoms with Gasteiger partial charge in [0.2, 0.25) is 5.91 Å². The molecule has 0 bridgehead atoms. The van der Waals surface area contributed by atoms with Gasteiger partial charge in [0.1, 0.15) is 19.5 Å². The number of likely N-dealkylation sites (tertiary alicyclic amines) is 1. The van der Waals surface area contributed by atoms with E-state index in [0.29, 0.717) is 19.0 Å². The van der Waals surface area contributed by atoms with Crippen LogP contribution in [0.3, 0.4) is 0 Å². The van der Waals surface area contributed by atoms with Crippen molar-refractivity contribution in [3.63, 3.8) is 0 Å². The number of benzene rings is 2. The Bertz CT molecular complexity index is 1120. The summed E-state index contributed by atoms with van der Waals surface area (Å²) in [6.07, 6.45) is 4.59. The summed E-state index contributed by atoms with van der Waals surface area (Å²) in [5.74, 6) is 1.99. The molecule has 3 aromatic rings. The van der Waals surface area contributed by atoms with Crippen LogP contribution in [0.4, 0.5) is 0 Å². The van der Waals surface area contributed by atoms with Gasteiger partial charge < -0.3 is 14.4 Å². The molecule has 1 saturated heterocycles. The minimum atomic E-state index is 0.0672. The molecule has 0 spiro atoms. The van der Waals surface area contributed by atoms with Crippen molar-refractivity contribution in [2.75, 3.05) is 25.5 Å². The third-order valence-electron chi connectivity index (χ3n) is 6.00. The molecule has 3 heterocycles. The fourth-order valence-corrected chi connectivity index (χ4v) is 5.23. The monoisotopic (exact) mass is 450 g/mol. The van der Waals surface area contributed by atoms with Gasteiger partial charge >= 0.3 is 0 Å². The van der Waals surface area contributed by atoms with Crippen LogP contribution >= 0.6 is 11.8 Å². The van der Waals surface area contributed by atoms with E-state index in [1.54, 1.807) is 6.33 Å². The molecule has 1 aromatic heterocycles. The van der Waals surface area contributed by atoms with E-state index in [9.17, 15) is 4.79 Å². The van der Waals surface area contributed by atoms with Crippen LogP contribution in [0.5, 0.6) is 11.5 Å². The highest BCUT2D eigenvalue weighted by molar-refractivity contribution is 7.99. The van der Waals surface area contributed by atoms with E-state index in [4.69, 9.17) is 9.47 Å². The second-order valence-corrected chi connectivity index (χ2v) is 8.85. The maximum atomic E-state index is 13.2. The van der Waals surface area contributed by atoms with Crippen LogP contribution < -0.4 is 9.47 Å². The molecule has 0 N–H and O–H groups in total. The molecule has 0 aliphatic carbocycles. The van der Waals surface area contributed by atoms with E-state index in [1.165, 1.54) is 17.3 Å². The van der Waals surface area contributed by atoms with Gasteiger partial charge in [-0.25, -0.2) is 0 Å². The number of rotatable bonds is 6. The third-order valence-corrected chi connectivity index (χ3v) is 6.93. The van der Waals surface area contributed by atoms with Crippen molar-refractivity contribution in [3.8, 4) is 17.2 Å². The minimum Gasteiger partial charge on any atom is -0.486 e. The Balaban J connectivity index is 1.29. The number of amides is 1. The topological polar surface area (TPSA) is 69.5 Å². The van der Waals surface area contributed by atoms with Crippen molar-refractivity contribution in [2.24, 2.45) is 0 Å². The Morgan fingerprint density at radius 3 is 2.88 bits per heavy atom. The number of para-hydroxylation sites is 1. The van der Waals surface area contributed by atoms with Crippen LogP contribution in [0.15, 0.2) is 53.9 Å². The first-order chi connectivity index (χ1) is 15.7. The van der Waals surface area contributed by atoms with E-state index >= 15 is 0 Å². The van der Waals surface area contributed by atoms with Gasteiger partial charge in [-0.3, -0.25) is 9.36 Å². The lowest BCUT2D eigenvalue weighted by Gasteiger charge is -2.26. The van der Waals surface area contributed by atoms with Gasteiger partial charge in [0.05, 0.1) is 17.5 Å². The largest absolute Gasteiger partial charge is 0.486 e. The number of hydrogen-bond donors (Lipinski definition) is 0. The number of ether oxygens (including phenoxy) is 2. The SMILES string of the molecule is CCc1ccccc1-n1cnnc1SCC(=O)N1CCCC1c1ccc2c(c1)OCCO2. The van der Waals surface area contributed by atoms with Crippen molar-refractivity contribution < 1.29 is 14.3 Å². The summed E-state index contributed by atoms with van der Waals surface area (Å²) in [7, 11) is 0. The maximum Gasteiger partial charge on any atom is 0.233 e. The number of hydrogen-bond acceptors (Lipinski definition) is 6. The van der Waals surface area contributed by atoms with Crippen molar-refractivity contribution in [2.45, 2.75) is 37.4 Å². The third kappa shape index (κ3) is 4.07. The van der Waals surface area contributed by atoms with E-state index < -0.39 is 0 Å². The van der Waals surface area contributed by atoms with Gasteiger partial charge in [0.15, 0.2) is 16.7 Å². The van der Waals surface area contributed by atoms with Crippen LogP contribution in [-0.4, -0.2) is 51.1 Å². The molecule has 5 rings (SSSR count). The number of nitrogens with zero attached hydrogens (tertiary/aromatic N) is 4. The van der Waals surface area contributed by atoms with Crippen LogP contribution in [0, 0.1) is 0 Å². The summed E-state index contributed by atoms with van der Waals surface area (Å²) >= 11 is 1.44. The Hall–Kier alpha value is -3.00. The zero-order valence-corrected chi connectivity index (χ0v) is 18.9. The van der Waals surface area contributed by atoms with Crippen molar-refractivity contribution >= 4 is 17.7 Å². The first kappa shape index (κ1) is 20.9. The highest BCUT2D eigenvalue weighted by Crippen LogP contribution is 2.38. The lowest BCUT2D eigenvalue weighted by atomic mass is 10.0. The molecule has 0 saturated carbocycles. The summed E-state index contributed by atoms with van der Waals surface area (Å²) < 4.78 is 13.3. The molecular weight excluding hydrogens is 424 g/mol. The molecule has 166 valence electrons. The second-order valence-electron chi connectivity index (χ2n) is 7.90. The fraction of sp³-hybridized carbons (Fsp3) is 0.375. The highest BCUT2D eigenvalue weighted by atomic mass is 32.2. The molecule has 1 atom stereocenters. The lowest BCUT2D eigenvalue weighted by molar-refractivity contribution is -0.129. The second kappa shape index (κ2) is 9.24.